The lowest BCUT2D eigenvalue weighted by molar-refractivity contribution is -0.133. The summed E-state index contributed by atoms with van der Waals surface area (Å²) in [5, 5.41) is 2.72. The number of hydrogen-bond acceptors (Lipinski definition) is 5. The van der Waals surface area contributed by atoms with Crippen molar-refractivity contribution in [1.82, 2.24) is 4.90 Å². The molecule has 0 atom stereocenters. The van der Waals surface area contributed by atoms with Crippen LogP contribution in [0.15, 0.2) is 48.5 Å². The Bertz CT molecular complexity index is 882. The SMILES string of the molecule is COc1ccc(NC(=O)CN(C)C(=O)CN2C(=O)COc3ccccc32)cc1. The Morgan fingerprint density at radius 2 is 1.89 bits per heavy atom. The first kappa shape index (κ1) is 19.2. The highest BCUT2D eigenvalue weighted by Crippen LogP contribution is 2.31. The zero-order valence-corrected chi connectivity index (χ0v) is 15.7. The second-order valence-electron chi connectivity index (χ2n) is 6.26. The molecule has 0 unspecified atom stereocenters. The molecule has 1 aliphatic heterocycles. The van der Waals surface area contributed by atoms with Gasteiger partial charge in [0.25, 0.3) is 5.91 Å². The van der Waals surface area contributed by atoms with Gasteiger partial charge in [0.2, 0.25) is 11.8 Å². The Hall–Kier alpha value is -3.55. The lowest BCUT2D eigenvalue weighted by Gasteiger charge is -2.30. The smallest absolute Gasteiger partial charge is 0.265 e. The van der Waals surface area contributed by atoms with Crippen LogP contribution < -0.4 is 19.7 Å². The normalized spacial score (nSPS) is 12.6. The third-order valence-corrected chi connectivity index (χ3v) is 4.28. The number of nitrogens with zero attached hydrogens (tertiary/aromatic N) is 2. The van der Waals surface area contributed by atoms with E-state index in [1.165, 1.54) is 16.8 Å². The van der Waals surface area contributed by atoms with Crippen LogP contribution in [-0.4, -0.2) is 56.5 Å². The number of likely N-dealkylation sites (N-methyl/N-ethyl adjacent to an activating group) is 1. The maximum atomic E-state index is 12.5. The van der Waals surface area contributed by atoms with Crippen LogP contribution in [-0.2, 0) is 14.4 Å². The minimum Gasteiger partial charge on any atom is -0.497 e. The first-order valence-corrected chi connectivity index (χ1v) is 8.68. The highest BCUT2D eigenvalue weighted by Gasteiger charge is 2.28. The Morgan fingerprint density at radius 1 is 1.18 bits per heavy atom. The quantitative estimate of drug-likeness (QED) is 0.817. The second kappa shape index (κ2) is 8.43. The number of carbonyl (C=O) groups is 3. The third-order valence-electron chi connectivity index (χ3n) is 4.28. The Labute approximate surface area is 162 Å². The molecular formula is C20H21N3O5. The van der Waals surface area contributed by atoms with Crippen LogP contribution >= 0.6 is 0 Å². The number of ether oxygens (including phenoxy) is 2. The van der Waals surface area contributed by atoms with Crippen LogP contribution in [0, 0.1) is 0 Å². The topological polar surface area (TPSA) is 88.2 Å². The average molecular weight is 383 g/mol. The molecule has 0 radical (unpaired) electrons. The fraction of sp³-hybridized carbons (Fsp3) is 0.250. The molecule has 3 rings (SSSR count). The highest BCUT2D eigenvalue weighted by atomic mass is 16.5. The molecule has 2 aromatic carbocycles. The van der Waals surface area contributed by atoms with Crippen LogP contribution in [0.2, 0.25) is 0 Å². The van der Waals surface area contributed by atoms with Crippen molar-refractivity contribution < 1.29 is 23.9 Å². The average Bonchev–Trinajstić information content (AvgIpc) is 2.70. The van der Waals surface area contributed by atoms with E-state index in [1.807, 2.05) is 0 Å². The first-order chi connectivity index (χ1) is 13.5. The van der Waals surface area contributed by atoms with Crippen LogP contribution in [0.5, 0.6) is 11.5 Å². The molecule has 3 amide bonds. The first-order valence-electron chi connectivity index (χ1n) is 8.68. The van der Waals surface area contributed by atoms with Gasteiger partial charge in [-0.05, 0) is 36.4 Å². The van der Waals surface area contributed by atoms with Gasteiger partial charge in [0.05, 0.1) is 19.3 Å². The van der Waals surface area contributed by atoms with Gasteiger partial charge in [-0.1, -0.05) is 12.1 Å². The molecule has 0 fully saturated rings. The number of methoxy groups -OCH3 is 1. The number of hydrogen-bond donors (Lipinski definition) is 1. The number of rotatable bonds is 6. The second-order valence-corrected chi connectivity index (χ2v) is 6.26. The van der Waals surface area contributed by atoms with Gasteiger partial charge in [0.1, 0.15) is 18.0 Å². The van der Waals surface area contributed by atoms with E-state index in [9.17, 15) is 14.4 Å². The maximum absolute atomic E-state index is 12.5. The van der Waals surface area contributed by atoms with Crippen molar-refractivity contribution >= 4 is 29.1 Å². The van der Waals surface area contributed by atoms with E-state index < -0.39 is 0 Å². The van der Waals surface area contributed by atoms with E-state index in [0.29, 0.717) is 22.9 Å². The summed E-state index contributed by atoms with van der Waals surface area (Å²) in [6, 6.07) is 13.9. The van der Waals surface area contributed by atoms with Crippen molar-refractivity contribution in [1.29, 1.82) is 0 Å². The van der Waals surface area contributed by atoms with E-state index in [4.69, 9.17) is 9.47 Å². The van der Waals surface area contributed by atoms with Gasteiger partial charge in [0, 0.05) is 12.7 Å². The highest BCUT2D eigenvalue weighted by molar-refractivity contribution is 6.03. The summed E-state index contributed by atoms with van der Waals surface area (Å²) in [6.07, 6.45) is 0. The molecule has 2 aromatic rings. The number of para-hydroxylation sites is 2. The lowest BCUT2D eigenvalue weighted by Crippen LogP contribution is -2.46. The van der Waals surface area contributed by atoms with Crippen molar-refractivity contribution in [3.63, 3.8) is 0 Å². The van der Waals surface area contributed by atoms with Gasteiger partial charge < -0.3 is 19.7 Å². The Morgan fingerprint density at radius 3 is 2.61 bits per heavy atom. The summed E-state index contributed by atoms with van der Waals surface area (Å²) in [4.78, 5) is 39.6. The molecule has 0 aliphatic carbocycles. The molecule has 1 aliphatic rings. The van der Waals surface area contributed by atoms with E-state index in [2.05, 4.69) is 5.32 Å². The molecule has 0 aromatic heterocycles. The van der Waals surface area contributed by atoms with Crippen LogP contribution in [0.3, 0.4) is 0 Å². The van der Waals surface area contributed by atoms with E-state index >= 15 is 0 Å². The summed E-state index contributed by atoms with van der Waals surface area (Å²) >= 11 is 0. The van der Waals surface area contributed by atoms with Crippen LogP contribution in [0.4, 0.5) is 11.4 Å². The zero-order valence-electron chi connectivity index (χ0n) is 15.7. The van der Waals surface area contributed by atoms with Crippen molar-refractivity contribution in [3.8, 4) is 11.5 Å². The Kier molecular flexibility index (Phi) is 5.78. The fourth-order valence-corrected chi connectivity index (χ4v) is 2.76. The fourth-order valence-electron chi connectivity index (χ4n) is 2.76. The molecule has 146 valence electrons. The van der Waals surface area contributed by atoms with Gasteiger partial charge in [-0.15, -0.1) is 0 Å². The maximum Gasteiger partial charge on any atom is 0.265 e. The van der Waals surface area contributed by atoms with Crippen LogP contribution in [0.1, 0.15) is 0 Å². The molecular weight excluding hydrogens is 362 g/mol. The number of anilines is 2. The summed E-state index contributed by atoms with van der Waals surface area (Å²) in [6.45, 7) is -0.414. The molecule has 1 heterocycles. The van der Waals surface area contributed by atoms with Crippen molar-refractivity contribution in [2.75, 3.05) is 44.1 Å². The summed E-state index contributed by atoms with van der Waals surface area (Å²) in [7, 11) is 3.08. The minimum absolute atomic E-state index is 0.119. The summed E-state index contributed by atoms with van der Waals surface area (Å²) in [5.74, 6) is 0.239. The third kappa shape index (κ3) is 4.40. The molecule has 28 heavy (non-hydrogen) atoms. The Balaban J connectivity index is 1.58. The largest absolute Gasteiger partial charge is 0.497 e. The van der Waals surface area contributed by atoms with E-state index in [-0.39, 0.29) is 37.4 Å². The van der Waals surface area contributed by atoms with Crippen molar-refractivity contribution in [3.05, 3.63) is 48.5 Å². The number of fused-ring (bicyclic) bond motifs is 1. The molecule has 8 heteroatoms. The van der Waals surface area contributed by atoms with Gasteiger partial charge in [0.15, 0.2) is 6.61 Å². The zero-order chi connectivity index (χ0) is 20.1. The van der Waals surface area contributed by atoms with Crippen molar-refractivity contribution in [2.45, 2.75) is 0 Å². The molecule has 0 saturated carbocycles. The van der Waals surface area contributed by atoms with Gasteiger partial charge >= 0.3 is 0 Å². The van der Waals surface area contributed by atoms with Gasteiger partial charge in [-0.2, -0.15) is 0 Å². The van der Waals surface area contributed by atoms with E-state index in [1.54, 1.807) is 55.6 Å². The van der Waals surface area contributed by atoms with Gasteiger partial charge in [-0.25, -0.2) is 0 Å². The van der Waals surface area contributed by atoms with Gasteiger partial charge in [-0.3, -0.25) is 19.3 Å². The summed E-state index contributed by atoms with van der Waals surface area (Å²) < 4.78 is 10.4. The molecule has 0 spiro atoms. The predicted molar refractivity (Wildman–Crippen MR) is 104 cm³/mol. The number of nitrogens with one attached hydrogen (secondary N) is 1. The number of amides is 3. The summed E-state index contributed by atoms with van der Waals surface area (Å²) in [5.41, 5.74) is 1.15. The number of carbonyl (C=O) groups excluding carboxylic acids is 3. The standard InChI is InChI=1S/C20H21N3O5/c1-22(11-18(24)21-14-7-9-15(27-2)10-8-14)19(25)12-23-16-5-3-4-6-17(16)28-13-20(23)26/h3-10H,11-13H2,1-2H3,(H,21,24). The molecule has 8 nitrogen and oxygen atoms in total. The molecule has 0 saturated heterocycles. The minimum atomic E-state index is -0.352. The molecule has 1 N–H and O–H groups in total. The lowest BCUT2D eigenvalue weighted by atomic mass is 10.2. The molecule has 0 bridgehead atoms. The predicted octanol–water partition coefficient (Wildman–Crippen LogP) is 1.52. The van der Waals surface area contributed by atoms with E-state index in [0.717, 1.165) is 0 Å². The number of benzene rings is 2. The van der Waals surface area contributed by atoms with Crippen molar-refractivity contribution in [2.24, 2.45) is 0 Å². The van der Waals surface area contributed by atoms with Crippen LogP contribution in [0.25, 0.3) is 0 Å². The monoisotopic (exact) mass is 383 g/mol.